The summed E-state index contributed by atoms with van der Waals surface area (Å²) in [6.07, 6.45) is 1.50. The lowest BCUT2D eigenvalue weighted by Gasteiger charge is -2.27. The molecule has 1 unspecified atom stereocenters. The first-order chi connectivity index (χ1) is 10.9. The summed E-state index contributed by atoms with van der Waals surface area (Å²) in [5.41, 5.74) is 2.04. The molecule has 0 saturated heterocycles. The van der Waals surface area contributed by atoms with Crippen LogP contribution in [0, 0.1) is 0 Å². The third-order valence-corrected chi connectivity index (χ3v) is 4.88. The molecule has 4 nitrogen and oxygen atoms in total. The van der Waals surface area contributed by atoms with Crippen molar-refractivity contribution in [3.63, 3.8) is 0 Å². The van der Waals surface area contributed by atoms with Crippen LogP contribution in [0.1, 0.15) is 18.9 Å². The van der Waals surface area contributed by atoms with Crippen LogP contribution < -0.4 is 4.90 Å². The summed E-state index contributed by atoms with van der Waals surface area (Å²) < 4.78 is 23.1. The van der Waals surface area contributed by atoms with Crippen LogP contribution in [0.3, 0.4) is 0 Å². The minimum absolute atomic E-state index is 0.320. The van der Waals surface area contributed by atoms with E-state index in [2.05, 4.69) is 4.90 Å². The summed E-state index contributed by atoms with van der Waals surface area (Å²) in [5.74, 6) is 0. The molecule has 2 aromatic carbocycles. The Bertz CT molecular complexity index is 712. The number of aliphatic hydroxyl groups excluding tert-OH is 1. The van der Waals surface area contributed by atoms with Gasteiger partial charge in [0.1, 0.15) is 0 Å². The Morgan fingerprint density at radius 2 is 1.65 bits per heavy atom. The largest absolute Gasteiger partial charge is 0.391 e. The lowest BCUT2D eigenvalue weighted by molar-refractivity contribution is 0.175. The van der Waals surface area contributed by atoms with E-state index in [0.717, 1.165) is 11.3 Å². The van der Waals surface area contributed by atoms with Crippen LogP contribution in [0.4, 0.5) is 5.69 Å². The maximum atomic E-state index is 11.5. The van der Waals surface area contributed by atoms with E-state index in [1.165, 1.54) is 6.26 Å². The van der Waals surface area contributed by atoms with Crippen molar-refractivity contribution in [3.8, 4) is 0 Å². The second-order valence-corrected chi connectivity index (χ2v) is 7.71. The molecule has 0 radical (unpaired) electrons. The molecule has 0 bridgehead atoms. The average molecular weight is 333 g/mol. The summed E-state index contributed by atoms with van der Waals surface area (Å²) in [6.45, 7) is 3.11. The number of anilines is 1. The lowest BCUT2D eigenvalue weighted by atomic mass is 10.1. The highest BCUT2D eigenvalue weighted by Crippen LogP contribution is 2.19. The quantitative estimate of drug-likeness (QED) is 0.846. The van der Waals surface area contributed by atoms with Crippen molar-refractivity contribution in [2.24, 2.45) is 0 Å². The van der Waals surface area contributed by atoms with Crippen LogP contribution in [-0.2, 0) is 16.4 Å². The zero-order valence-electron chi connectivity index (χ0n) is 13.5. The first kappa shape index (κ1) is 17.5. The van der Waals surface area contributed by atoms with Crippen molar-refractivity contribution in [1.29, 1.82) is 0 Å². The lowest BCUT2D eigenvalue weighted by Crippen LogP contribution is -2.31. The number of aliphatic hydroxyl groups is 1. The number of nitrogens with zero attached hydrogens (tertiary/aromatic N) is 1. The third-order valence-electron chi connectivity index (χ3n) is 3.75. The van der Waals surface area contributed by atoms with Crippen molar-refractivity contribution >= 4 is 15.5 Å². The fourth-order valence-electron chi connectivity index (χ4n) is 2.35. The van der Waals surface area contributed by atoms with Gasteiger partial charge in [0, 0.05) is 25.0 Å². The molecule has 23 heavy (non-hydrogen) atoms. The van der Waals surface area contributed by atoms with Gasteiger partial charge >= 0.3 is 0 Å². The molecule has 0 heterocycles. The molecule has 1 atom stereocenters. The van der Waals surface area contributed by atoms with Gasteiger partial charge in [0.2, 0.25) is 0 Å². The van der Waals surface area contributed by atoms with E-state index in [1.54, 1.807) is 12.1 Å². The topological polar surface area (TPSA) is 57.6 Å². The van der Waals surface area contributed by atoms with Gasteiger partial charge in [0.05, 0.1) is 11.0 Å². The summed E-state index contributed by atoms with van der Waals surface area (Å²) in [5, 5.41) is 10.00. The predicted octanol–water partition coefficient (Wildman–Crippen LogP) is 2.87. The molecule has 2 rings (SSSR count). The number of para-hydroxylation sites is 1. The Balaban J connectivity index is 2.20. The molecule has 0 fully saturated rings. The summed E-state index contributed by atoms with van der Waals surface area (Å²) in [6, 6.07) is 16.8. The fourth-order valence-corrected chi connectivity index (χ4v) is 2.98. The highest BCUT2D eigenvalue weighted by molar-refractivity contribution is 7.90. The minimum atomic E-state index is -3.18. The summed E-state index contributed by atoms with van der Waals surface area (Å²) in [4.78, 5) is 2.42. The molecular formula is C18H23NO3S. The molecule has 0 aromatic heterocycles. The number of hydrogen-bond acceptors (Lipinski definition) is 4. The van der Waals surface area contributed by atoms with E-state index in [0.29, 0.717) is 24.4 Å². The zero-order chi connectivity index (χ0) is 16.9. The van der Waals surface area contributed by atoms with Crippen molar-refractivity contribution in [1.82, 2.24) is 0 Å². The van der Waals surface area contributed by atoms with Crippen LogP contribution in [0.25, 0.3) is 0 Å². The molecule has 2 aromatic rings. The average Bonchev–Trinajstić information content (AvgIpc) is 2.54. The van der Waals surface area contributed by atoms with Gasteiger partial charge in [-0.15, -0.1) is 0 Å². The summed E-state index contributed by atoms with van der Waals surface area (Å²) in [7, 11) is -3.18. The SMILES string of the molecule is CCC(O)CN(Cc1ccc(S(C)(=O)=O)cc1)c1ccccc1. The molecule has 0 amide bonds. The first-order valence-electron chi connectivity index (χ1n) is 7.67. The van der Waals surface area contributed by atoms with Gasteiger partial charge in [-0.25, -0.2) is 8.42 Å². The number of rotatable bonds is 7. The predicted molar refractivity (Wildman–Crippen MR) is 93.3 cm³/mol. The zero-order valence-corrected chi connectivity index (χ0v) is 14.3. The molecule has 1 N–H and O–H groups in total. The van der Waals surface area contributed by atoms with Crippen molar-refractivity contribution in [2.45, 2.75) is 30.9 Å². The monoisotopic (exact) mass is 333 g/mol. The second-order valence-electron chi connectivity index (χ2n) is 5.69. The molecule has 0 spiro atoms. The van der Waals surface area contributed by atoms with Crippen molar-refractivity contribution in [2.75, 3.05) is 17.7 Å². The number of hydrogen-bond donors (Lipinski definition) is 1. The maximum absolute atomic E-state index is 11.5. The molecule has 0 aliphatic heterocycles. The Kier molecular flexibility index (Phi) is 5.80. The molecule has 0 aliphatic carbocycles. The van der Waals surface area contributed by atoms with E-state index in [-0.39, 0.29) is 0 Å². The Labute approximate surface area is 138 Å². The van der Waals surface area contributed by atoms with Crippen molar-refractivity contribution in [3.05, 3.63) is 60.2 Å². The smallest absolute Gasteiger partial charge is 0.175 e. The Morgan fingerprint density at radius 3 is 2.17 bits per heavy atom. The van der Waals surface area contributed by atoms with Crippen LogP contribution >= 0.6 is 0 Å². The molecule has 124 valence electrons. The molecule has 5 heteroatoms. The number of sulfone groups is 1. The van der Waals surface area contributed by atoms with Gasteiger partial charge in [-0.3, -0.25) is 0 Å². The number of benzene rings is 2. The van der Waals surface area contributed by atoms with Gasteiger partial charge < -0.3 is 10.0 Å². The highest BCUT2D eigenvalue weighted by Gasteiger charge is 2.13. The van der Waals surface area contributed by atoms with Crippen LogP contribution in [0.2, 0.25) is 0 Å². The van der Waals surface area contributed by atoms with Gasteiger partial charge in [-0.05, 0) is 36.2 Å². The van der Waals surface area contributed by atoms with Gasteiger partial charge in [-0.2, -0.15) is 0 Å². The van der Waals surface area contributed by atoms with Crippen LogP contribution in [-0.4, -0.2) is 32.4 Å². The van der Waals surface area contributed by atoms with E-state index < -0.39 is 15.9 Å². The molecular weight excluding hydrogens is 310 g/mol. The summed E-state index contributed by atoms with van der Waals surface area (Å²) >= 11 is 0. The molecule has 0 aliphatic rings. The third kappa shape index (κ3) is 5.08. The second kappa shape index (κ2) is 7.62. The van der Waals surface area contributed by atoms with Gasteiger partial charge in [-0.1, -0.05) is 37.3 Å². The molecule has 0 saturated carbocycles. The van der Waals surface area contributed by atoms with E-state index in [1.807, 2.05) is 49.4 Å². The Hall–Kier alpha value is -1.85. The van der Waals surface area contributed by atoms with Gasteiger partial charge in [0.25, 0.3) is 0 Å². The first-order valence-corrected chi connectivity index (χ1v) is 9.56. The van der Waals surface area contributed by atoms with E-state index >= 15 is 0 Å². The van der Waals surface area contributed by atoms with Gasteiger partial charge in [0.15, 0.2) is 9.84 Å². The Morgan fingerprint density at radius 1 is 1.04 bits per heavy atom. The van der Waals surface area contributed by atoms with Crippen LogP contribution in [0.15, 0.2) is 59.5 Å². The fraction of sp³-hybridized carbons (Fsp3) is 0.333. The maximum Gasteiger partial charge on any atom is 0.175 e. The van der Waals surface area contributed by atoms with Crippen molar-refractivity contribution < 1.29 is 13.5 Å². The normalized spacial score (nSPS) is 12.8. The standard InChI is InChI=1S/C18H23NO3S/c1-3-17(20)14-19(16-7-5-4-6-8-16)13-15-9-11-18(12-10-15)23(2,21)22/h4-12,17,20H,3,13-14H2,1-2H3. The van der Waals surface area contributed by atoms with E-state index in [9.17, 15) is 13.5 Å². The van der Waals surface area contributed by atoms with Crippen LogP contribution in [0.5, 0.6) is 0 Å². The van der Waals surface area contributed by atoms with E-state index in [4.69, 9.17) is 0 Å². The highest BCUT2D eigenvalue weighted by atomic mass is 32.2. The minimum Gasteiger partial charge on any atom is -0.391 e.